The van der Waals surface area contributed by atoms with Crippen molar-refractivity contribution in [1.82, 2.24) is 10.2 Å². The first-order valence-electron chi connectivity index (χ1n) is 6.68. The van der Waals surface area contributed by atoms with E-state index >= 15 is 0 Å². The second-order valence-electron chi connectivity index (χ2n) is 4.67. The highest BCUT2D eigenvalue weighted by molar-refractivity contribution is 4.93. The first-order chi connectivity index (χ1) is 7.81. The van der Waals surface area contributed by atoms with E-state index in [0.29, 0.717) is 6.04 Å². The van der Waals surface area contributed by atoms with Crippen molar-refractivity contribution in [3.05, 3.63) is 0 Å². The number of likely N-dealkylation sites (N-methyl/N-ethyl adjacent to an activating group) is 1. The molecule has 0 spiro atoms. The molecule has 1 fully saturated rings. The zero-order valence-electron chi connectivity index (χ0n) is 10.7. The third-order valence-electron chi connectivity index (χ3n) is 3.39. The monoisotopic (exact) mass is 223 g/mol. The van der Waals surface area contributed by atoms with Crippen LogP contribution in [0.15, 0.2) is 0 Å². The second kappa shape index (κ2) is 7.65. The summed E-state index contributed by atoms with van der Waals surface area (Å²) < 4.78 is 0. The van der Waals surface area contributed by atoms with Crippen LogP contribution in [0, 0.1) is 11.3 Å². The lowest BCUT2D eigenvalue weighted by molar-refractivity contribution is 0.133. The molecule has 0 saturated carbocycles. The molecule has 1 heterocycles. The maximum Gasteiger partial charge on any atom is 0.108 e. The summed E-state index contributed by atoms with van der Waals surface area (Å²) in [5.41, 5.74) is 0. The van der Waals surface area contributed by atoms with Crippen LogP contribution in [0.4, 0.5) is 0 Å². The summed E-state index contributed by atoms with van der Waals surface area (Å²) in [4.78, 5) is 2.52. The van der Waals surface area contributed by atoms with Gasteiger partial charge in [-0.25, -0.2) is 0 Å². The zero-order chi connectivity index (χ0) is 11.8. The molecule has 1 N–H and O–H groups in total. The minimum Gasteiger partial charge on any atom is -0.301 e. The molecule has 1 saturated heterocycles. The van der Waals surface area contributed by atoms with Gasteiger partial charge in [0.1, 0.15) is 6.04 Å². The van der Waals surface area contributed by atoms with E-state index in [1.807, 2.05) is 0 Å². The average molecular weight is 223 g/mol. The van der Waals surface area contributed by atoms with E-state index < -0.39 is 0 Å². The highest BCUT2D eigenvalue weighted by Gasteiger charge is 2.23. The molecule has 1 rings (SSSR count). The number of hydrogen-bond donors (Lipinski definition) is 1. The van der Waals surface area contributed by atoms with Crippen molar-refractivity contribution in [3.8, 4) is 6.07 Å². The van der Waals surface area contributed by atoms with Crippen molar-refractivity contribution in [2.24, 2.45) is 0 Å². The maximum atomic E-state index is 9.06. The van der Waals surface area contributed by atoms with Gasteiger partial charge in [-0.3, -0.25) is 4.90 Å². The van der Waals surface area contributed by atoms with Crippen molar-refractivity contribution in [2.45, 2.75) is 58.0 Å². The Morgan fingerprint density at radius 1 is 1.44 bits per heavy atom. The molecule has 0 aliphatic carbocycles. The van der Waals surface area contributed by atoms with Crippen LogP contribution in [-0.4, -0.2) is 36.6 Å². The Balaban J connectivity index is 2.44. The van der Waals surface area contributed by atoms with Gasteiger partial charge in [0.05, 0.1) is 6.07 Å². The van der Waals surface area contributed by atoms with Crippen LogP contribution in [0.3, 0.4) is 0 Å². The minimum absolute atomic E-state index is 0.00227. The van der Waals surface area contributed by atoms with Gasteiger partial charge < -0.3 is 5.32 Å². The standard InChI is InChI=1S/C13H25N3/c1-3-7-13-8-5-6-9-16(13)11-12(10-14)15-4-2/h12-13,15H,3-9,11H2,1-2H3. The summed E-state index contributed by atoms with van der Waals surface area (Å²) in [6.45, 7) is 7.26. The Morgan fingerprint density at radius 2 is 2.25 bits per heavy atom. The van der Waals surface area contributed by atoms with Gasteiger partial charge in [-0.2, -0.15) is 5.26 Å². The van der Waals surface area contributed by atoms with Crippen molar-refractivity contribution >= 4 is 0 Å². The van der Waals surface area contributed by atoms with Crippen LogP contribution < -0.4 is 5.32 Å². The molecule has 1 aliphatic heterocycles. The molecule has 0 aromatic heterocycles. The predicted octanol–water partition coefficient (Wildman–Crippen LogP) is 2.14. The van der Waals surface area contributed by atoms with Gasteiger partial charge in [-0.1, -0.05) is 26.7 Å². The van der Waals surface area contributed by atoms with Crippen LogP contribution >= 0.6 is 0 Å². The zero-order valence-corrected chi connectivity index (χ0v) is 10.7. The highest BCUT2D eigenvalue weighted by Crippen LogP contribution is 2.20. The minimum atomic E-state index is 0.00227. The molecule has 1 aliphatic rings. The fraction of sp³-hybridized carbons (Fsp3) is 0.923. The van der Waals surface area contributed by atoms with E-state index in [9.17, 15) is 0 Å². The van der Waals surface area contributed by atoms with Crippen LogP contribution in [0.5, 0.6) is 0 Å². The normalized spacial score (nSPS) is 23.9. The van der Waals surface area contributed by atoms with E-state index in [-0.39, 0.29) is 6.04 Å². The van der Waals surface area contributed by atoms with Crippen LogP contribution in [0.25, 0.3) is 0 Å². The number of likely N-dealkylation sites (tertiary alicyclic amines) is 1. The van der Waals surface area contributed by atoms with Gasteiger partial charge in [0.15, 0.2) is 0 Å². The van der Waals surface area contributed by atoms with E-state index in [1.165, 1.54) is 38.6 Å². The van der Waals surface area contributed by atoms with Crippen LogP contribution in [0.2, 0.25) is 0 Å². The molecule has 2 unspecified atom stereocenters. The summed E-state index contributed by atoms with van der Waals surface area (Å²) in [6.07, 6.45) is 6.51. The van der Waals surface area contributed by atoms with Gasteiger partial charge in [0, 0.05) is 12.6 Å². The maximum absolute atomic E-state index is 9.06. The Hall–Kier alpha value is -0.590. The molecule has 16 heavy (non-hydrogen) atoms. The Morgan fingerprint density at radius 3 is 2.88 bits per heavy atom. The fourth-order valence-electron chi connectivity index (χ4n) is 2.59. The number of piperidine rings is 1. The average Bonchev–Trinajstić information content (AvgIpc) is 2.31. The number of nitriles is 1. The number of rotatable bonds is 6. The summed E-state index contributed by atoms with van der Waals surface area (Å²) in [5.74, 6) is 0. The van der Waals surface area contributed by atoms with Gasteiger partial charge in [-0.05, 0) is 32.4 Å². The molecular formula is C13H25N3. The number of hydrogen-bond acceptors (Lipinski definition) is 3. The third kappa shape index (κ3) is 4.11. The molecule has 3 heteroatoms. The topological polar surface area (TPSA) is 39.1 Å². The summed E-state index contributed by atoms with van der Waals surface area (Å²) in [7, 11) is 0. The second-order valence-corrected chi connectivity index (χ2v) is 4.67. The molecule has 92 valence electrons. The molecule has 0 aromatic carbocycles. The van der Waals surface area contributed by atoms with Crippen molar-refractivity contribution in [3.63, 3.8) is 0 Å². The van der Waals surface area contributed by atoms with Gasteiger partial charge in [0.25, 0.3) is 0 Å². The lowest BCUT2D eigenvalue weighted by Crippen LogP contribution is -2.47. The molecule has 3 nitrogen and oxygen atoms in total. The van der Waals surface area contributed by atoms with Gasteiger partial charge in [0.2, 0.25) is 0 Å². The largest absolute Gasteiger partial charge is 0.301 e. The fourth-order valence-corrected chi connectivity index (χ4v) is 2.59. The van der Waals surface area contributed by atoms with Crippen LogP contribution in [0.1, 0.15) is 46.0 Å². The first kappa shape index (κ1) is 13.5. The Bertz CT molecular complexity index is 220. The van der Waals surface area contributed by atoms with Crippen molar-refractivity contribution in [1.29, 1.82) is 5.26 Å². The predicted molar refractivity (Wildman–Crippen MR) is 67.2 cm³/mol. The number of nitrogens with one attached hydrogen (secondary N) is 1. The Kier molecular flexibility index (Phi) is 6.44. The molecule has 0 amide bonds. The van der Waals surface area contributed by atoms with E-state index in [4.69, 9.17) is 5.26 Å². The van der Waals surface area contributed by atoms with E-state index in [0.717, 1.165) is 13.1 Å². The third-order valence-corrected chi connectivity index (χ3v) is 3.39. The highest BCUT2D eigenvalue weighted by atomic mass is 15.2. The summed E-state index contributed by atoms with van der Waals surface area (Å²) in [5, 5.41) is 12.3. The molecule has 0 aromatic rings. The van der Waals surface area contributed by atoms with Crippen molar-refractivity contribution < 1.29 is 0 Å². The smallest absolute Gasteiger partial charge is 0.108 e. The summed E-state index contributed by atoms with van der Waals surface area (Å²) in [6, 6.07) is 3.08. The van der Waals surface area contributed by atoms with Crippen LogP contribution in [-0.2, 0) is 0 Å². The van der Waals surface area contributed by atoms with E-state index in [1.54, 1.807) is 0 Å². The summed E-state index contributed by atoms with van der Waals surface area (Å²) >= 11 is 0. The van der Waals surface area contributed by atoms with E-state index in [2.05, 4.69) is 30.1 Å². The van der Waals surface area contributed by atoms with Gasteiger partial charge >= 0.3 is 0 Å². The quantitative estimate of drug-likeness (QED) is 0.750. The first-order valence-corrected chi connectivity index (χ1v) is 6.68. The molecule has 0 radical (unpaired) electrons. The molecular weight excluding hydrogens is 198 g/mol. The lowest BCUT2D eigenvalue weighted by Gasteiger charge is -2.36. The molecule has 0 bridgehead atoms. The molecule has 2 atom stereocenters. The van der Waals surface area contributed by atoms with Crippen molar-refractivity contribution in [2.75, 3.05) is 19.6 Å². The van der Waals surface area contributed by atoms with Gasteiger partial charge in [-0.15, -0.1) is 0 Å². The Labute approximate surface area is 99.8 Å². The number of nitrogens with zero attached hydrogens (tertiary/aromatic N) is 2. The SMILES string of the molecule is CCCC1CCCCN1CC(C#N)NCC. The lowest BCUT2D eigenvalue weighted by atomic mass is 9.97.